The quantitative estimate of drug-likeness (QED) is 0.0565. The van der Waals surface area contributed by atoms with Crippen molar-refractivity contribution in [2.75, 3.05) is 32.8 Å². The van der Waals surface area contributed by atoms with Crippen LogP contribution >= 0.6 is 0 Å². The molecule has 1 aliphatic heterocycles. The van der Waals surface area contributed by atoms with Crippen LogP contribution in [0.2, 0.25) is 0 Å². The number of rotatable bonds is 26. The Hall–Kier alpha value is -5.39. The number of aliphatic hydroxyl groups is 2. The number of hydrogen-bond acceptors (Lipinski definition) is 15. The second-order valence-corrected chi connectivity index (χ2v) is 20.5. The summed E-state index contributed by atoms with van der Waals surface area (Å²) >= 11 is 0. The molecule has 75 heavy (non-hydrogen) atoms. The molecule has 1 aliphatic rings. The summed E-state index contributed by atoms with van der Waals surface area (Å²) in [5.41, 5.74) is 18.4. The highest BCUT2D eigenvalue weighted by Gasteiger charge is 2.36. The molecule has 2 rings (SSSR count). The predicted octanol–water partition coefficient (Wildman–Crippen LogP) is 0.603. The highest BCUT2D eigenvalue weighted by Crippen LogP contribution is 2.19. The minimum Gasteiger partial charge on any atom is -0.394 e. The van der Waals surface area contributed by atoms with E-state index < -0.39 is 127 Å². The van der Waals surface area contributed by atoms with Crippen molar-refractivity contribution in [2.45, 2.75) is 186 Å². The lowest BCUT2D eigenvalue weighted by Gasteiger charge is -2.28. The Morgan fingerprint density at radius 3 is 1.75 bits per heavy atom. The molecule has 18 N–H and O–H groups in total. The standard InChI is InChI=1S/C53H90N10O11.H3N/c1-6-7-8-9-13-17-38(65)31-47(68)58-44(32-64)46(67)29-36-21-25-57-50(71)42(26-33(2)3)63-51(72)40(18-14-22-54)60-52(73)41(20-24-56)61-53(74)43(27-34(4)5)62-49(70)37(28-35-15-11-10-12-16-35)30-45(66)39(19-23-55)59-48(36)69;/h10-12,15-16,33-34,36-44,64-65H,6-9,13-14,17-32,54-56H2,1-5H3,(H,57,71)(H,58,68)(H,59,69)(H,60,73)(H,61,74)(H,62,70)(H,63,72);1H3/t36-,37+,38-,39+,40+,41+,42+,43+,44-;/m1./s1. The van der Waals surface area contributed by atoms with E-state index in [0.29, 0.717) is 24.8 Å². The summed E-state index contributed by atoms with van der Waals surface area (Å²) in [6.45, 7) is 8.49. The topological polar surface area (TPSA) is 391 Å². The van der Waals surface area contributed by atoms with Crippen LogP contribution in [0.25, 0.3) is 0 Å². The van der Waals surface area contributed by atoms with Gasteiger partial charge in [0.25, 0.3) is 0 Å². The van der Waals surface area contributed by atoms with E-state index in [1.54, 1.807) is 30.3 Å². The van der Waals surface area contributed by atoms with Crippen LogP contribution in [0.1, 0.15) is 143 Å². The summed E-state index contributed by atoms with van der Waals surface area (Å²) in [7, 11) is 0. The summed E-state index contributed by atoms with van der Waals surface area (Å²) in [5.74, 6) is -8.77. The van der Waals surface area contributed by atoms with Gasteiger partial charge in [-0.25, -0.2) is 0 Å². The first-order chi connectivity index (χ1) is 35.3. The van der Waals surface area contributed by atoms with E-state index in [2.05, 4.69) is 44.1 Å². The van der Waals surface area contributed by atoms with Gasteiger partial charge >= 0.3 is 0 Å². The van der Waals surface area contributed by atoms with Crippen LogP contribution in [-0.4, -0.2) is 138 Å². The minimum absolute atomic E-state index is 0. The van der Waals surface area contributed by atoms with Gasteiger partial charge in [-0.1, -0.05) is 97.1 Å². The van der Waals surface area contributed by atoms with Crippen molar-refractivity contribution in [3.63, 3.8) is 0 Å². The molecule has 22 heteroatoms. The number of nitrogens with two attached hydrogens (primary N) is 3. The average molecular weight is 1060 g/mol. The molecule has 22 nitrogen and oxygen atoms in total. The Kier molecular flexibility index (Phi) is 33.7. The molecule has 1 aromatic rings. The third kappa shape index (κ3) is 26.3. The second-order valence-electron chi connectivity index (χ2n) is 20.5. The molecule has 0 unspecified atom stereocenters. The molecule has 0 aliphatic carbocycles. The fraction of sp³-hybridized carbons (Fsp3) is 0.717. The zero-order valence-corrected chi connectivity index (χ0v) is 45.3. The van der Waals surface area contributed by atoms with Crippen molar-refractivity contribution in [1.29, 1.82) is 0 Å². The van der Waals surface area contributed by atoms with Crippen LogP contribution in [0, 0.1) is 23.7 Å². The highest BCUT2D eigenvalue weighted by molar-refractivity contribution is 5.98. The van der Waals surface area contributed by atoms with Crippen molar-refractivity contribution < 1.29 is 53.4 Å². The van der Waals surface area contributed by atoms with E-state index in [1.807, 2.05) is 27.7 Å². The molecule has 0 radical (unpaired) electrons. The van der Waals surface area contributed by atoms with Gasteiger partial charge in [-0.05, 0) is 94.8 Å². The normalized spacial score (nSPS) is 22.9. The second kappa shape index (κ2) is 37.4. The number of aliphatic hydroxyl groups excluding tert-OH is 2. The summed E-state index contributed by atoms with van der Waals surface area (Å²) in [4.78, 5) is 126. The lowest BCUT2D eigenvalue weighted by Crippen LogP contribution is -2.59. The van der Waals surface area contributed by atoms with E-state index in [-0.39, 0.29) is 95.5 Å². The maximum atomic E-state index is 14.4. The molecule has 426 valence electrons. The number of ketones is 2. The van der Waals surface area contributed by atoms with E-state index >= 15 is 0 Å². The van der Waals surface area contributed by atoms with Crippen molar-refractivity contribution in [3.05, 3.63) is 35.9 Å². The Morgan fingerprint density at radius 1 is 0.653 bits per heavy atom. The van der Waals surface area contributed by atoms with Crippen LogP contribution in [0.4, 0.5) is 0 Å². The van der Waals surface area contributed by atoms with Gasteiger partial charge in [0.1, 0.15) is 30.2 Å². The number of hydrogen-bond donors (Lipinski definition) is 13. The zero-order chi connectivity index (χ0) is 55.2. The first-order valence-corrected chi connectivity index (χ1v) is 26.8. The fourth-order valence-corrected chi connectivity index (χ4v) is 8.83. The maximum Gasteiger partial charge on any atom is 0.243 e. The monoisotopic (exact) mass is 1060 g/mol. The molecule has 1 aromatic carbocycles. The summed E-state index contributed by atoms with van der Waals surface area (Å²) in [5, 5.41) is 39.8. The van der Waals surface area contributed by atoms with Crippen molar-refractivity contribution in [3.8, 4) is 0 Å². The molecule has 7 amide bonds. The van der Waals surface area contributed by atoms with E-state index in [0.717, 1.165) is 25.7 Å². The van der Waals surface area contributed by atoms with Gasteiger partial charge in [-0.3, -0.25) is 43.2 Å². The summed E-state index contributed by atoms with van der Waals surface area (Å²) < 4.78 is 0. The fourth-order valence-electron chi connectivity index (χ4n) is 8.83. The summed E-state index contributed by atoms with van der Waals surface area (Å²) in [6.07, 6.45) is 3.29. The van der Waals surface area contributed by atoms with E-state index in [1.165, 1.54) is 0 Å². The third-order valence-corrected chi connectivity index (χ3v) is 13.0. The van der Waals surface area contributed by atoms with Gasteiger partial charge < -0.3 is 70.8 Å². The average Bonchev–Trinajstić information content (AvgIpc) is 3.34. The number of benzene rings is 1. The number of carbonyl (C=O) groups is 9. The molecule has 0 bridgehead atoms. The van der Waals surface area contributed by atoms with Crippen molar-refractivity contribution in [1.82, 2.24) is 43.4 Å². The van der Waals surface area contributed by atoms with Crippen LogP contribution in [0.5, 0.6) is 0 Å². The number of amides is 7. The highest BCUT2D eigenvalue weighted by atomic mass is 16.3. The molecular formula is C53H93N11O11. The van der Waals surface area contributed by atoms with E-state index in [9.17, 15) is 53.4 Å². The summed E-state index contributed by atoms with van der Waals surface area (Å²) in [6, 6.07) is 1.42. The van der Waals surface area contributed by atoms with Gasteiger partial charge in [0, 0.05) is 31.2 Å². The van der Waals surface area contributed by atoms with Crippen LogP contribution in [0.15, 0.2) is 30.3 Å². The van der Waals surface area contributed by atoms with Crippen LogP contribution in [-0.2, 0) is 49.6 Å². The Morgan fingerprint density at radius 2 is 1.17 bits per heavy atom. The molecular weight excluding hydrogens is 967 g/mol. The molecule has 0 saturated carbocycles. The smallest absolute Gasteiger partial charge is 0.243 e. The zero-order valence-electron chi connectivity index (χ0n) is 45.3. The van der Waals surface area contributed by atoms with E-state index in [4.69, 9.17) is 17.2 Å². The van der Waals surface area contributed by atoms with Gasteiger partial charge in [0.05, 0.1) is 25.2 Å². The Balaban J connectivity index is 0.0000281. The number of Topliss-reactive ketones (excluding diaryl/α,β-unsaturated/α-hetero) is 2. The van der Waals surface area contributed by atoms with Gasteiger partial charge in [0.15, 0.2) is 11.6 Å². The molecule has 1 heterocycles. The molecule has 0 aromatic heterocycles. The first-order valence-electron chi connectivity index (χ1n) is 26.8. The minimum atomic E-state index is -1.45. The van der Waals surface area contributed by atoms with Gasteiger partial charge in [-0.2, -0.15) is 0 Å². The Bertz CT molecular complexity index is 1930. The molecule has 9 atom stereocenters. The largest absolute Gasteiger partial charge is 0.394 e. The van der Waals surface area contributed by atoms with Crippen molar-refractivity contribution in [2.24, 2.45) is 40.9 Å². The first kappa shape index (κ1) is 67.6. The molecule has 1 fully saturated rings. The van der Waals surface area contributed by atoms with Crippen LogP contribution in [0.3, 0.4) is 0 Å². The van der Waals surface area contributed by atoms with Gasteiger partial charge in [0.2, 0.25) is 41.4 Å². The molecule has 1 saturated heterocycles. The lowest BCUT2D eigenvalue weighted by molar-refractivity contribution is -0.136. The number of nitrogens with one attached hydrogen (secondary N) is 7. The SMILES string of the molecule is CCCCCCC[C@@H](O)CC(=O)N[C@H](CO)C(=O)C[C@H]1CCNC(=O)[C@H](CC(C)C)NC(=O)[C@H](CCCN)NC(=O)[C@H](CCN)NC(=O)[C@H](CC(C)C)NC(=O)[C@@H](Cc2ccccc2)CC(=O)[C@H](CCN)NC1=O.N. The number of unbranched alkanes of at least 4 members (excludes halogenated alkanes) is 4. The number of carbonyl (C=O) groups excluding carboxylic acids is 9. The van der Waals surface area contributed by atoms with Gasteiger partial charge in [-0.15, -0.1) is 0 Å². The third-order valence-electron chi connectivity index (χ3n) is 13.0. The van der Waals surface area contributed by atoms with Crippen molar-refractivity contribution >= 4 is 52.9 Å². The predicted molar refractivity (Wildman–Crippen MR) is 286 cm³/mol. The van der Waals surface area contributed by atoms with Crippen LogP contribution < -0.4 is 60.6 Å². The maximum absolute atomic E-state index is 14.4. The Labute approximate surface area is 444 Å². The molecule has 0 spiro atoms. The lowest BCUT2D eigenvalue weighted by atomic mass is 9.89.